The van der Waals surface area contributed by atoms with Crippen LogP contribution in [-0.4, -0.2) is 23.7 Å². The van der Waals surface area contributed by atoms with Gasteiger partial charge in [0.25, 0.3) is 0 Å². The van der Waals surface area contributed by atoms with Crippen molar-refractivity contribution in [2.75, 3.05) is 0 Å². The maximum absolute atomic E-state index is 4.06. The third kappa shape index (κ3) is 6.21. The Labute approximate surface area is 196 Å². The Kier molecular flexibility index (Phi) is 10.1. The molecule has 3 fully saturated rings. The Morgan fingerprint density at radius 1 is 0.903 bits per heavy atom. The zero-order valence-electron chi connectivity index (χ0n) is 21.8. The summed E-state index contributed by atoms with van der Waals surface area (Å²) in [4.78, 5) is 2.98. The fourth-order valence-corrected chi connectivity index (χ4v) is 8.53. The number of rotatable bonds is 12. The smallest absolute Gasteiger partial charge is 0.230 e. The Morgan fingerprint density at radius 2 is 1.61 bits per heavy atom. The van der Waals surface area contributed by atoms with E-state index in [0.717, 1.165) is 42.2 Å². The molecule has 3 saturated carbocycles. The first-order valence-electron chi connectivity index (χ1n) is 14.4. The summed E-state index contributed by atoms with van der Waals surface area (Å²) in [7, 11) is 0. The summed E-state index contributed by atoms with van der Waals surface area (Å²) in [6.45, 7) is 17.1. The molecule has 0 spiro atoms. The largest absolute Gasteiger partial charge is 0.337 e. The van der Waals surface area contributed by atoms with Gasteiger partial charge in [0, 0.05) is 0 Å². The van der Waals surface area contributed by atoms with E-state index in [1.807, 2.05) is 0 Å². The van der Waals surface area contributed by atoms with Gasteiger partial charge in [-0.1, -0.05) is 118 Å². The van der Waals surface area contributed by atoms with Crippen LogP contribution in [0.1, 0.15) is 125 Å². The lowest BCUT2D eigenvalue weighted by molar-refractivity contribution is 0.212. The molecular formula is C29H54BN. The molecule has 1 nitrogen and oxygen atoms in total. The molecule has 0 saturated heterocycles. The summed E-state index contributed by atoms with van der Waals surface area (Å²) in [5, 5.41) is 0. The fraction of sp³-hybridized carbons (Fsp3) is 0.931. The van der Waals surface area contributed by atoms with E-state index < -0.39 is 0 Å². The Hall–Kier alpha value is -0.235. The standard InChI is InChI=1S/C29H54BN/c1-7-9-10-11-15-25-21-29(28-17-13-12-16-27(25)28)30(31(22(3)4)23(5)6)26-19-18-24(20-26)14-8-2/h8,22-29H,2,7,9-21H2,1,3-6H3. The van der Waals surface area contributed by atoms with Gasteiger partial charge in [-0.15, -0.1) is 6.58 Å². The van der Waals surface area contributed by atoms with Crippen LogP contribution in [0.4, 0.5) is 0 Å². The molecule has 0 amide bonds. The van der Waals surface area contributed by atoms with Crippen molar-refractivity contribution < 1.29 is 0 Å². The van der Waals surface area contributed by atoms with Gasteiger partial charge in [0.05, 0.1) is 0 Å². The maximum atomic E-state index is 4.06. The van der Waals surface area contributed by atoms with Crippen molar-refractivity contribution >= 4 is 6.85 Å². The minimum absolute atomic E-state index is 0.661. The molecule has 0 heterocycles. The lowest BCUT2D eigenvalue weighted by Crippen LogP contribution is -2.53. The first kappa shape index (κ1) is 25.4. The molecule has 0 aromatic carbocycles. The number of hydrogen-bond donors (Lipinski definition) is 0. The lowest BCUT2D eigenvalue weighted by atomic mass is 9.37. The second-order valence-corrected chi connectivity index (χ2v) is 12.2. The van der Waals surface area contributed by atoms with Crippen LogP contribution in [0, 0.1) is 23.7 Å². The second-order valence-electron chi connectivity index (χ2n) is 12.2. The van der Waals surface area contributed by atoms with Crippen LogP contribution in [0.2, 0.25) is 11.6 Å². The molecule has 2 heteroatoms. The van der Waals surface area contributed by atoms with Crippen molar-refractivity contribution in [3.8, 4) is 0 Å². The molecule has 0 radical (unpaired) electrons. The summed E-state index contributed by atoms with van der Waals surface area (Å²) in [5.41, 5.74) is 0. The van der Waals surface area contributed by atoms with Gasteiger partial charge in [0.15, 0.2) is 0 Å². The SMILES string of the molecule is C=CCC1CCC(B(C2CC(CCCCCC)C3CCCCC23)N(C(C)C)C(C)C)C1. The summed E-state index contributed by atoms with van der Waals surface area (Å²) in [6, 6.07) is 1.32. The van der Waals surface area contributed by atoms with Gasteiger partial charge in [-0.2, -0.15) is 0 Å². The van der Waals surface area contributed by atoms with Crippen molar-refractivity contribution in [3.63, 3.8) is 0 Å². The number of nitrogens with zero attached hydrogens (tertiary/aromatic N) is 1. The Morgan fingerprint density at radius 3 is 2.26 bits per heavy atom. The molecule has 0 bridgehead atoms. The van der Waals surface area contributed by atoms with Crippen LogP contribution in [0.25, 0.3) is 0 Å². The van der Waals surface area contributed by atoms with Gasteiger partial charge in [0.2, 0.25) is 6.85 Å². The van der Waals surface area contributed by atoms with Gasteiger partial charge < -0.3 is 4.81 Å². The number of hydrogen-bond acceptors (Lipinski definition) is 1. The van der Waals surface area contributed by atoms with Gasteiger partial charge >= 0.3 is 0 Å². The number of fused-ring (bicyclic) bond motifs is 1. The van der Waals surface area contributed by atoms with Crippen LogP contribution >= 0.6 is 0 Å². The summed E-state index contributed by atoms with van der Waals surface area (Å²) >= 11 is 0. The number of allylic oxidation sites excluding steroid dienone is 1. The predicted octanol–water partition coefficient (Wildman–Crippen LogP) is 9.01. The highest BCUT2D eigenvalue weighted by atomic mass is 15.1. The molecule has 6 atom stereocenters. The molecule has 0 aliphatic heterocycles. The minimum Gasteiger partial charge on any atom is -0.337 e. The fourth-order valence-electron chi connectivity index (χ4n) is 8.53. The highest BCUT2D eigenvalue weighted by Crippen LogP contribution is 2.58. The molecule has 6 unspecified atom stereocenters. The predicted molar refractivity (Wildman–Crippen MR) is 140 cm³/mol. The topological polar surface area (TPSA) is 3.24 Å². The molecule has 3 aliphatic carbocycles. The van der Waals surface area contributed by atoms with Crippen LogP contribution in [0.3, 0.4) is 0 Å². The third-order valence-corrected chi connectivity index (χ3v) is 9.57. The monoisotopic (exact) mass is 427 g/mol. The highest BCUT2D eigenvalue weighted by molar-refractivity contribution is 6.59. The van der Waals surface area contributed by atoms with Gasteiger partial charge in [-0.3, -0.25) is 0 Å². The van der Waals surface area contributed by atoms with Crippen molar-refractivity contribution in [1.82, 2.24) is 4.81 Å². The normalized spacial score (nSPS) is 33.4. The summed E-state index contributed by atoms with van der Waals surface area (Å²) in [6.07, 6.45) is 22.7. The van der Waals surface area contributed by atoms with Crippen LogP contribution < -0.4 is 0 Å². The van der Waals surface area contributed by atoms with Crippen LogP contribution in [-0.2, 0) is 0 Å². The molecular weight excluding hydrogens is 373 g/mol. The molecule has 0 N–H and O–H groups in total. The molecule has 178 valence electrons. The minimum atomic E-state index is 0.661. The van der Waals surface area contributed by atoms with Crippen molar-refractivity contribution in [1.29, 1.82) is 0 Å². The average molecular weight is 428 g/mol. The van der Waals surface area contributed by atoms with Gasteiger partial charge in [-0.05, 0) is 60.2 Å². The van der Waals surface area contributed by atoms with E-state index in [9.17, 15) is 0 Å². The Balaban J connectivity index is 1.81. The molecule has 3 aliphatic rings. The summed E-state index contributed by atoms with van der Waals surface area (Å²) < 4.78 is 0. The summed E-state index contributed by atoms with van der Waals surface area (Å²) in [5.74, 6) is 5.88. The van der Waals surface area contributed by atoms with E-state index in [1.165, 1.54) is 77.0 Å². The first-order valence-corrected chi connectivity index (χ1v) is 14.4. The van der Waals surface area contributed by atoms with Crippen molar-refractivity contribution in [2.45, 2.75) is 148 Å². The number of unbranched alkanes of at least 4 members (excludes halogenated alkanes) is 3. The zero-order valence-corrected chi connectivity index (χ0v) is 21.8. The van der Waals surface area contributed by atoms with Crippen molar-refractivity contribution in [3.05, 3.63) is 12.7 Å². The van der Waals surface area contributed by atoms with Gasteiger partial charge in [-0.25, -0.2) is 0 Å². The van der Waals surface area contributed by atoms with Crippen molar-refractivity contribution in [2.24, 2.45) is 23.7 Å². The van der Waals surface area contributed by atoms with E-state index >= 15 is 0 Å². The average Bonchev–Trinajstić information content (AvgIpc) is 3.34. The third-order valence-electron chi connectivity index (χ3n) is 9.57. The molecule has 0 aromatic heterocycles. The molecule has 0 aromatic rings. The maximum Gasteiger partial charge on any atom is 0.230 e. The zero-order chi connectivity index (χ0) is 22.4. The van der Waals surface area contributed by atoms with Crippen LogP contribution in [0.5, 0.6) is 0 Å². The van der Waals surface area contributed by atoms with E-state index in [4.69, 9.17) is 0 Å². The lowest BCUT2D eigenvalue weighted by Gasteiger charge is -2.45. The van der Waals surface area contributed by atoms with E-state index in [0.29, 0.717) is 12.1 Å². The van der Waals surface area contributed by atoms with E-state index in [-0.39, 0.29) is 0 Å². The van der Waals surface area contributed by atoms with E-state index in [1.54, 1.807) is 12.8 Å². The quantitative estimate of drug-likeness (QED) is 0.171. The molecule has 3 rings (SSSR count). The van der Waals surface area contributed by atoms with Gasteiger partial charge in [0.1, 0.15) is 0 Å². The van der Waals surface area contributed by atoms with E-state index in [2.05, 4.69) is 52.1 Å². The first-order chi connectivity index (χ1) is 15.0. The second kappa shape index (κ2) is 12.3. The Bertz CT molecular complexity index is 521. The van der Waals surface area contributed by atoms with Crippen LogP contribution in [0.15, 0.2) is 12.7 Å². The highest BCUT2D eigenvalue weighted by Gasteiger charge is 2.52. The molecule has 31 heavy (non-hydrogen) atoms.